The second-order valence-corrected chi connectivity index (χ2v) is 7.83. The van der Waals surface area contributed by atoms with Gasteiger partial charge in [-0.05, 0) is 54.8 Å². The minimum Gasteiger partial charge on any atom is -0.352 e. The molecule has 1 aliphatic heterocycles. The quantitative estimate of drug-likeness (QED) is 0.266. The Morgan fingerprint density at radius 2 is 1.66 bits per heavy atom. The summed E-state index contributed by atoms with van der Waals surface area (Å²) in [6.07, 6.45) is 7.57. The van der Waals surface area contributed by atoms with E-state index < -0.39 is 0 Å². The van der Waals surface area contributed by atoms with Crippen LogP contribution in [0, 0.1) is 5.82 Å². The smallest absolute Gasteiger partial charge is 0.191 e. The Morgan fingerprint density at radius 1 is 1.00 bits per heavy atom. The van der Waals surface area contributed by atoms with Crippen LogP contribution in [-0.4, -0.2) is 40.5 Å². The summed E-state index contributed by atoms with van der Waals surface area (Å²) in [5.41, 5.74) is 3.88. The second-order valence-electron chi connectivity index (χ2n) is 7.83. The van der Waals surface area contributed by atoms with E-state index in [1.54, 1.807) is 36.4 Å². The van der Waals surface area contributed by atoms with E-state index in [0.717, 1.165) is 12.1 Å². The first-order chi connectivity index (χ1) is 15.2. The van der Waals surface area contributed by atoms with Crippen molar-refractivity contribution in [3.63, 3.8) is 0 Å². The van der Waals surface area contributed by atoms with Crippen LogP contribution in [0.25, 0.3) is 5.69 Å². The van der Waals surface area contributed by atoms with Crippen molar-refractivity contribution in [2.75, 3.05) is 20.1 Å². The molecular formula is C24H30FIN6. The average molecular weight is 548 g/mol. The first kappa shape index (κ1) is 24.2. The fourth-order valence-corrected chi connectivity index (χ4v) is 3.83. The predicted molar refractivity (Wildman–Crippen MR) is 137 cm³/mol. The van der Waals surface area contributed by atoms with Crippen molar-refractivity contribution in [3.8, 4) is 5.69 Å². The number of hydrogen-bond acceptors (Lipinski definition) is 3. The van der Waals surface area contributed by atoms with Crippen LogP contribution < -0.4 is 10.6 Å². The summed E-state index contributed by atoms with van der Waals surface area (Å²) in [5, 5.41) is 6.56. The molecule has 0 amide bonds. The number of guanidine groups is 1. The Hall–Kier alpha value is -2.46. The molecule has 1 aliphatic rings. The molecule has 0 spiro atoms. The fraction of sp³-hybridized carbons (Fsp3) is 0.333. The van der Waals surface area contributed by atoms with Crippen LogP contribution in [0.4, 0.5) is 4.39 Å². The predicted octanol–water partition coefficient (Wildman–Crippen LogP) is 4.09. The van der Waals surface area contributed by atoms with Crippen LogP contribution in [-0.2, 0) is 19.6 Å². The van der Waals surface area contributed by atoms with Gasteiger partial charge < -0.3 is 15.2 Å². The summed E-state index contributed by atoms with van der Waals surface area (Å²) in [6.45, 7) is 4.61. The van der Waals surface area contributed by atoms with E-state index in [9.17, 15) is 4.39 Å². The summed E-state index contributed by atoms with van der Waals surface area (Å²) < 4.78 is 16.1. The van der Waals surface area contributed by atoms with Crippen molar-refractivity contribution in [1.82, 2.24) is 25.1 Å². The van der Waals surface area contributed by atoms with E-state index >= 15 is 0 Å². The number of rotatable bonds is 7. The SMILES string of the molecule is CN=C(NCc1ccc(CN2CCCC2)cc1)NCc1ccc(-n2ccnc2)c(F)c1.I. The van der Waals surface area contributed by atoms with Crippen LogP contribution in [0.5, 0.6) is 0 Å². The van der Waals surface area contributed by atoms with Gasteiger partial charge in [-0.25, -0.2) is 9.37 Å². The topological polar surface area (TPSA) is 57.5 Å². The number of aromatic nitrogens is 2. The number of nitrogens with one attached hydrogen (secondary N) is 2. The second kappa shape index (κ2) is 12.0. The van der Waals surface area contributed by atoms with Gasteiger partial charge in [0.15, 0.2) is 5.96 Å². The van der Waals surface area contributed by atoms with Gasteiger partial charge in [-0.15, -0.1) is 24.0 Å². The van der Waals surface area contributed by atoms with Gasteiger partial charge in [-0.1, -0.05) is 30.3 Å². The third-order valence-electron chi connectivity index (χ3n) is 5.57. The standard InChI is InChI=1S/C24H29FN6.HI/c1-26-24(28-15-19-4-6-20(7-5-19)17-30-11-2-3-12-30)29-16-21-8-9-23(22(25)14-21)31-13-10-27-18-31;/h4-10,13-14,18H,2-3,11-12,15-17H2,1H3,(H2,26,28,29);1H. The van der Waals surface area contributed by atoms with Crippen LogP contribution in [0.15, 0.2) is 66.2 Å². The monoisotopic (exact) mass is 548 g/mol. The highest BCUT2D eigenvalue weighted by atomic mass is 127. The number of likely N-dealkylation sites (tertiary alicyclic amines) is 1. The maximum Gasteiger partial charge on any atom is 0.191 e. The number of imidazole rings is 1. The zero-order valence-electron chi connectivity index (χ0n) is 18.3. The van der Waals surface area contributed by atoms with E-state index in [1.807, 2.05) is 6.07 Å². The lowest BCUT2D eigenvalue weighted by Gasteiger charge is -2.15. The highest BCUT2D eigenvalue weighted by Crippen LogP contribution is 2.15. The number of nitrogens with zero attached hydrogens (tertiary/aromatic N) is 4. The van der Waals surface area contributed by atoms with E-state index in [0.29, 0.717) is 24.7 Å². The van der Waals surface area contributed by atoms with Crippen LogP contribution in [0.2, 0.25) is 0 Å². The molecule has 0 unspecified atom stereocenters. The first-order valence-corrected chi connectivity index (χ1v) is 10.7. The van der Waals surface area contributed by atoms with E-state index in [4.69, 9.17) is 0 Å². The molecule has 2 aromatic carbocycles. The number of benzene rings is 2. The lowest BCUT2D eigenvalue weighted by molar-refractivity contribution is 0.331. The summed E-state index contributed by atoms with van der Waals surface area (Å²) >= 11 is 0. The summed E-state index contributed by atoms with van der Waals surface area (Å²) in [6, 6.07) is 13.9. The number of aliphatic imine (C=N–C) groups is 1. The summed E-state index contributed by atoms with van der Waals surface area (Å²) in [7, 11) is 1.73. The fourth-order valence-electron chi connectivity index (χ4n) is 3.83. The molecule has 0 bridgehead atoms. The van der Waals surface area contributed by atoms with Gasteiger partial charge in [0, 0.05) is 39.1 Å². The van der Waals surface area contributed by atoms with Crippen molar-refractivity contribution < 1.29 is 4.39 Å². The van der Waals surface area contributed by atoms with Crippen LogP contribution >= 0.6 is 24.0 Å². The molecule has 4 rings (SSSR count). The number of halogens is 2. The molecule has 1 saturated heterocycles. The summed E-state index contributed by atoms with van der Waals surface area (Å²) in [5.74, 6) is 0.398. The van der Waals surface area contributed by atoms with Crippen molar-refractivity contribution in [3.05, 3.63) is 83.7 Å². The maximum absolute atomic E-state index is 14.4. The van der Waals surface area contributed by atoms with Crippen molar-refractivity contribution in [1.29, 1.82) is 0 Å². The Bertz CT molecular complexity index is 998. The van der Waals surface area contributed by atoms with Gasteiger partial charge in [-0.3, -0.25) is 9.89 Å². The largest absolute Gasteiger partial charge is 0.352 e. The molecule has 1 aromatic heterocycles. The molecule has 0 atom stereocenters. The van der Waals surface area contributed by atoms with Crippen LogP contribution in [0.3, 0.4) is 0 Å². The van der Waals surface area contributed by atoms with Crippen molar-refractivity contribution in [2.24, 2.45) is 4.99 Å². The third kappa shape index (κ3) is 6.52. The molecule has 170 valence electrons. The molecular weight excluding hydrogens is 518 g/mol. The van der Waals surface area contributed by atoms with Crippen LogP contribution in [0.1, 0.15) is 29.5 Å². The highest BCUT2D eigenvalue weighted by Gasteiger charge is 2.11. The molecule has 3 aromatic rings. The molecule has 6 nitrogen and oxygen atoms in total. The molecule has 8 heteroatoms. The van der Waals surface area contributed by atoms with E-state index in [2.05, 4.69) is 49.8 Å². The zero-order valence-corrected chi connectivity index (χ0v) is 20.6. The van der Waals surface area contributed by atoms with Gasteiger partial charge in [0.2, 0.25) is 0 Å². The van der Waals surface area contributed by atoms with Gasteiger partial charge in [-0.2, -0.15) is 0 Å². The van der Waals surface area contributed by atoms with Gasteiger partial charge in [0.25, 0.3) is 0 Å². The van der Waals surface area contributed by atoms with Gasteiger partial charge >= 0.3 is 0 Å². The highest BCUT2D eigenvalue weighted by molar-refractivity contribution is 14.0. The Labute approximate surface area is 206 Å². The van der Waals surface area contributed by atoms with Crippen molar-refractivity contribution in [2.45, 2.75) is 32.5 Å². The lowest BCUT2D eigenvalue weighted by Crippen LogP contribution is -2.36. The molecule has 0 saturated carbocycles. The van der Waals surface area contributed by atoms with Gasteiger partial charge in [0.1, 0.15) is 5.82 Å². The first-order valence-electron chi connectivity index (χ1n) is 10.7. The average Bonchev–Trinajstić information content (AvgIpc) is 3.49. The Balaban J connectivity index is 0.00000289. The molecule has 32 heavy (non-hydrogen) atoms. The number of hydrogen-bond donors (Lipinski definition) is 2. The minimum absolute atomic E-state index is 0. The Kier molecular flexibility index (Phi) is 9.04. The molecule has 2 heterocycles. The normalized spacial score (nSPS) is 14.2. The third-order valence-corrected chi connectivity index (χ3v) is 5.57. The van der Waals surface area contributed by atoms with Crippen molar-refractivity contribution >= 4 is 29.9 Å². The molecule has 0 radical (unpaired) electrons. The lowest BCUT2D eigenvalue weighted by atomic mass is 10.1. The van der Waals surface area contributed by atoms with Gasteiger partial charge in [0.05, 0.1) is 12.0 Å². The maximum atomic E-state index is 14.4. The zero-order chi connectivity index (χ0) is 21.5. The summed E-state index contributed by atoms with van der Waals surface area (Å²) in [4.78, 5) is 10.7. The molecule has 2 N–H and O–H groups in total. The molecule has 1 fully saturated rings. The van der Waals surface area contributed by atoms with E-state index in [1.165, 1.54) is 43.1 Å². The van der Waals surface area contributed by atoms with E-state index in [-0.39, 0.29) is 29.8 Å². The Morgan fingerprint density at radius 3 is 2.28 bits per heavy atom. The molecule has 0 aliphatic carbocycles. The minimum atomic E-state index is -0.283.